The van der Waals surface area contributed by atoms with Gasteiger partial charge in [0.2, 0.25) is 6.41 Å². The van der Waals surface area contributed by atoms with Gasteiger partial charge >= 0.3 is 0 Å². The number of carbonyl (C=O) groups excluding carboxylic acids is 2. The second-order valence-electron chi connectivity index (χ2n) is 20.0. The van der Waals surface area contributed by atoms with E-state index in [0.29, 0.717) is 53.3 Å². The summed E-state index contributed by atoms with van der Waals surface area (Å²) in [6.45, 7) is 15.6. The molecule has 1 aliphatic heterocycles. The first-order valence-corrected chi connectivity index (χ1v) is 24.5. The van der Waals surface area contributed by atoms with Gasteiger partial charge in [0.15, 0.2) is 0 Å². The van der Waals surface area contributed by atoms with Crippen LogP contribution in [0.1, 0.15) is 150 Å². The van der Waals surface area contributed by atoms with Crippen molar-refractivity contribution in [3.05, 3.63) is 0 Å². The van der Waals surface area contributed by atoms with Crippen LogP contribution in [0, 0.1) is 52.8 Å². The number of nitrogens with zero attached hydrogens (tertiary/aromatic N) is 2. The predicted octanol–water partition coefficient (Wildman–Crippen LogP) is 6.68. The van der Waals surface area contributed by atoms with Crippen LogP contribution in [0.2, 0.25) is 0 Å². The smallest absolute Gasteiger partial charge is 0.204 e. The zero-order valence-corrected chi connectivity index (χ0v) is 41.2. The average molecular weight is 870 g/mol. The SMILES string of the molecule is C1CCC1.CC1CCC2C[C@@H]1C2(C)C.CCC1CON(CC2CCCC(C3CC(C=O)CC(N(C)C)C3)C2OC)C1.CNCC(C)NC1CCCCC1O.CO.CO.NC=O. The summed E-state index contributed by atoms with van der Waals surface area (Å²) in [7, 11) is 10.1. The molecule has 1 amide bonds. The molecule has 61 heavy (non-hydrogen) atoms. The van der Waals surface area contributed by atoms with Crippen LogP contribution in [0.4, 0.5) is 0 Å². The normalized spacial score (nSPS) is 35.1. The first-order chi connectivity index (χ1) is 29.3. The molecule has 13 atom stereocenters. The molecule has 12 nitrogen and oxygen atoms in total. The molecule has 0 aromatic carbocycles. The number of methoxy groups -OCH3 is 1. The molecule has 0 spiro atoms. The van der Waals surface area contributed by atoms with Crippen molar-refractivity contribution in [2.45, 2.75) is 181 Å². The van der Waals surface area contributed by atoms with E-state index in [1.54, 1.807) is 0 Å². The van der Waals surface area contributed by atoms with Crippen molar-refractivity contribution in [2.75, 3.05) is 68.7 Å². The van der Waals surface area contributed by atoms with Gasteiger partial charge in [-0.3, -0.25) is 9.63 Å². The predicted molar refractivity (Wildman–Crippen MR) is 251 cm³/mol. The number of aliphatic hydroxyl groups is 3. The lowest BCUT2D eigenvalue weighted by atomic mass is 9.46. The lowest BCUT2D eigenvalue weighted by Crippen LogP contribution is -2.51. The van der Waals surface area contributed by atoms with Crippen LogP contribution in [0.15, 0.2) is 0 Å². The third-order valence-corrected chi connectivity index (χ3v) is 15.5. The van der Waals surface area contributed by atoms with Crippen LogP contribution in [-0.4, -0.2) is 137 Å². The van der Waals surface area contributed by atoms with E-state index in [-0.39, 0.29) is 18.4 Å². The standard InChI is InChI=1S/C22H40N2O3.C10H22N2O.C10H18.C4H8.CH3NO.2CH4O/c1-5-16-12-24(27-15-16)13-18-7-6-8-21(22(18)26-4)19-9-17(14-25)10-20(11-19)23(2)3;1-8(7-11-2)12-9-5-3-4-6-10(9)13;1-7-4-5-8-6-9(7)10(8,2)3;1-2-4-3-1;2-1-3;2*1-2/h14,16-22H,5-13,15H2,1-4H3;8-13H,3-7H2,1-2H3;7-9H,4-6H2,1-3H3;1-4H2;1H,(H2,2,3);2*2H,1H3/t;;7?,8?,9-;;;;/m..0..../s1. The van der Waals surface area contributed by atoms with Gasteiger partial charge in [0.05, 0.1) is 18.8 Å². The third kappa shape index (κ3) is 19.4. The zero-order chi connectivity index (χ0) is 46.0. The van der Waals surface area contributed by atoms with Crippen LogP contribution in [0.25, 0.3) is 0 Å². The van der Waals surface area contributed by atoms with Gasteiger partial charge in [0.25, 0.3) is 0 Å². The molecule has 8 aliphatic rings. The maximum atomic E-state index is 11.6. The first-order valence-electron chi connectivity index (χ1n) is 24.5. The summed E-state index contributed by atoms with van der Waals surface area (Å²) in [5.41, 5.74) is 4.87. The Kier molecular flexibility index (Phi) is 30.7. The number of nitrogens with two attached hydrogens (primary N) is 1. The molecule has 0 aromatic rings. The summed E-state index contributed by atoms with van der Waals surface area (Å²) >= 11 is 0. The fourth-order valence-corrected chi connectivity index (χ4v) is 11.3. The van der Waals surface area contributed by atoms with E-state index in [1.807, 2.05) is 14.2 Å². The Morgan fingerprint density at radius 3 is 2.02 bits per heavy atom. The van der Waals surface area contributed by atoms with Crippen molar-refractivity contribution in [2.24, 2.45) is 58.5 Å². The molecule has 2 bridgehead atoms. The highest BCUT2D eigenvalue weighted by Gasteiger charge is 2.52. The highest BCUT2D eigenvalue weighted by atomic mass is 16.7. The van der Waals surface area contributed by atoms with Crippen molar-refractivity contribution >= 4 is 12.7 Å². The Balaban J connectivity index is 0.000000451. The number of hydroxylamine groups is 2. The Morgan fingerprint density at radius 1 is 0.918 bits per heavy atom. The van der Waals surface area contributed by atoms with Crippen molar-refractivity contribution in [1.29, 1.82) is 0 Å². The van der Waals surface area contributed by atoms with E-state index >= 15 is 0 Å². The van der Waals surface area contributed by atoms with Crippen LogP contribution in [0.3, 0.4) is 0 Å². The van der Waals surface area contributed by atoms with E-state index < -0.39 is 0 Å². The summed E-state index contributed by atoms with van der Waals surface area (Å²) in [6, 6.07) is 1.28. The van der Waals surface area contributed by atoms with Crippen LogP contribution in [-0.2, 0) is 19.2 Å². The lowest BCUT2D eigenvalue weighted by molar-refractivity contribution is -0.144. The minimum absolute atomic E-state index is 0.131. The van der Waals surface area contributed by atoms with Gasteiger partial charge in [-0.2, -0.15) is 5.06 Å². The number of hydrogen-bond donors (Lipinski definition) is 6. The fraction of sp³-hybridized carbons (Fsp3) is 0.959. The molecule has 7 aliphatic carbocycles. The number of aldehydes is 1. The Morgan fingerprint density at radius 2 is 1.56 bits per heavy atom. The average Bonchev–Trinajstić information content (AvgIpc) is 3.70. The maximum Gasteiger partial charge on any atom is 0.204 e. The number of aliphatic hydroxyl groups excluding tert-OH is 3. The summed E-state index contributed by atoms with van der Waals surface area (Å²) in [6.07, 6.45) is 24.9. The van der Waals surface area contributed by atoms with Crippen LogP contribution < -0.4 is 16.4 Å². The summed E-state index contributed by atoms with van der Waals surface area (Å²) in [5.74, 6) is 5.75. The molecule has 12 heteroatoms. The van der Waals surface area contributed by atoms with Gasteiger partial charge in [0.1, 0.15) is 6.29 Å². The quantitative estimate of drug-likeness (QED) is 0.123. The van der Waals surface area contributed by atoms with Gasteiger partial charge in [-0.15, -0.1) is 0 Å². The monoisotopic (exact) mass is 870 g/mol. The third-order valence-electron chi connectivity index (χ3n) is 15.5. The number of fused-ring (bicyclic) bond motifs is 2. The number of carbonyl (C=O) groups is 2. The van der Waals surface area contributed by atoms with E-state index in [4.69, 9.17) is 24.6 Å². The van der Waals surface area contributed by atoms with Crippen molar-refractivity contribution in [3.8, 4) is 0 Å². The molecule has 7 N–H and O–H groups in total. The second-order valence-corrected chi connectivity index (χ2v) is 20.0. The number of primary amides is 1. The first kappa shape index (κ1) is 57.8. The number of ether oxygens (including phenoxy) is 1. The molecule has 0 aromatic heterocycles. The number of hydrogen-bond acceptors (Lipinski definition) is 11. The van der Waals surface area contributed by atoms with Gasteiger partial charge in [-0.05, 0) is 133 Å². The van der Waals surface area contributed by atoms with Crippen molar-refractivity contribution in [3.63, 3.8) is 0 Å². The van der Waals surface area contributed by atoms with Gasteiger partial charge in [0, 0.05) is 70.9 Å². The second kappa shape index (κ2) is 32.4. The zero-order valence-electron chi connectivity index (χ0n) is 41.2. The fourth-order valence-electron chi connectivity index (χ4n) is 11.3. The Hall–Kier alpha value is -1.22. The topological polar surface area (TPSA) is 170 Å². The number of likely N-dealkylation sites (N-methyl/N-ethyl adjacent to an activating group) is 1. The highest BCUT2D eigenvalue weighted by Crippen LogP contribution is 2.61. The van der Waals surface area contributed by atoms with E-state index in [0.717, 1.165) is 83.9 Å². The summed E-state index contributed by atoms with van der Waals surface area (Å²) in [5, 5.41) is 32.5. The van der Waals surface area contributed by atoms with E-state index in [1.165, 1.54) is 96.2 Å². The molecule has 1 heterocycles. The molecule has 0 radical (unpaired) electrons. The molecule has 362 valence electrons. The molecule has 1 saturated heterocycles. The number of nitrogens with one attached hydrogen (secondary N) is 2. The molecule has 7 saturated carbocycles. The number of rotatable bonds is 11. The Labute approximate surface area is 374 Å². The molecule has 8 fully saturated rings. The minimum Gasteiger partial charge on any atom is -0.400 e. The largest absolute Gasteiger partial charge is 0.400 e. The van der Waals surface area contributed by atoms with Gasteiger partial charge in [-0.1, -0.05) is 79.1 Å². The van der Waals surface area contributed by atoms with Crippen LogP contribution >= 0.6 is 0 Å². The van der Waals surface area contributed by atoms with Crippen LogP contribution in [0.5, 0.6) is 0 Å². The maximum absolute atomic E-state index is 11.6. The van der Waals surface area contributed by atoms with Crippen molar-refractivity contribution < 1.29 is 34.5 Å². The number of amides is 1. The molecule has 8 rings (SSSR count). The summed E-state index contributed by atoms with van der Waals surface area (Å²) < 4.78 is 6.11. The Bertz CT molecular complexity index is 1090. The lowest BCUT2D eigenvalue weighted by Gasteiger charge is -2.59. The molecular weight excluding hydrogens is 771 g/mol. The van der Waals surface area contributed by atoms with E-state index in [2.05, 4.69) is 75.0 Å². The van der Waals surface area contributed by atoms with E-state index in [9.17, 15) is 9.90 Å². The van der Waals surface area contributed by atoms with Gasteiger partial charge in [-0.25, -0.2) is 0 Å². The highest BCUT2D eigenvalue weighted by molar-refractivity contribution is 5.53. The van der Waals surface area contributed by atoms with Crippen molar-refractivity contribution in [1.82, 2.24) is 20.6 Å². The molecular formula is C49H99N5O7. The van der Waals surface area contributed by atoms with Gasteiger partial charge < -0.3 is 46.1 Å². The summed E-state index contributed by atoms with van der Waals surface area (Å²) in [4.78, 5) is 28.4. The minimum atomic E-state index is -0.131. The molecule has 12 unspecified atom stereocenters.